The monoisotopic (exact) mass is 470 g/mol. The molecule has 0 spiro atoms. The summed E-state index contributed by atoms with van der Waals surface area (Å²) in [7, 11) is 3.55. The maximum Gasteiger partial charge on any atom is 0.253 e. The van der Waals surface area contributed by atoms with Crippen molar-refractivity contribution in [3.05, 3.63) is 47.0 Å². The van der Waals surface area contributed by atoms with Crippen LogP contribution in [-0.2, 0) is 9.53 Å². The Bertz CT molecular complexity index is 1110. The summed E-state index contributed by atoms with van der Waals surface area (Å²) in [6, 6.07) is 8.12. The molecule has 8 nitrogen and oxygen atoms in total. The smallest absolute Gasteiger partial charge is 0.253 e. The Kier molecular flexibility index (Phi) is 7.14. The first kappa shape index (κ1) is 23.4. The predicted molar refractivity (Wildman–Crippen MR) is 129 cm³/mol. The number of amides is 1. The maximum atomic E-state index is 12.9. The van der Waals surface area contributed by atoms with Gasteiger partial charge in [-0.2, -0.15) is 9.50 Å². The van der Waals surface area contributed by atoms with Crippen LogP contribution in [0.5, 0.6) is 0 Å². The Labute approximate surface area is 199 Å². The van der Waals surface area contributed by atoms with E-state index in [-0.39, 0.29) is 29.3 Å². The fourth-order valence-corrected chi connectivity index (χ4v) is 4.63. The lowest BCUT2D eigenvalue weighted by molar-refractivity contribution is -0.137. The van der Waals surface area contributed by atoms with Gasteiger partial charge >= 0.3 is 0 Å². The van der Waals surface area contributed by atoms with Crippen molar-refractivity contribution >= 4 is 34.7 Å². The Morgan fingerprint density at radius 1 is 1.21 bits per heavy atom. The van der Waals surface area contributed by atoms with E-state index >= 15 is 0 Å². The Balaban J connectivity index is 1.52. The summed E-state index contributed by atoms with van der Waals surface area (Å²) >= 11 is 5.99. The van der Waals surface area contributed by atoms with E-state index in [0.29, 0.717) is 5.78 Å². The molecule has 2 aromatic heterocycles. The van der Waals surface area contributed by atoms with Crippen molar-refractivity contribution in [2.24, 2.45) is 5.92 Å². The lowest BCUT2D eigenvalue weighted by Gasteiger charge is -2.31. The molecule has 1 saturated carbocycles. The van der Waals surface area contributed by atoms with Crippen LogP contribution in [0.15, 0.2) is 30.5 Å². The lowest BCUT2D eigenvalue weighted by Crippen LogP contribution is -2.35. The molecule has 176 valence electrons. The molecule has 0 aliphatic heterocycles. The van der Waals surface area contributed by atoms with Gasteiger partial charge in [0.2, 0.25) is 11.2 Å². The van der Waals surface area contributed by atoms with E-state index in [1.54, 1.807) is 17.8 Å². The van der Waals surface area contributed by atoms with E-state index in [0.717, 1.165) is 48.3 Å². The number of fused-ring (bicyclic) bond motifs is 1. The van der Waals surface area contributed by atoms with Gasteiger partial charge < -0.3 is 15.0 Å². The third-order valence-electron chi connectivity index (χ3n) is 6.67. The molecular weight excluding hydrogens is 440 g/mol. The molecular formula is C24H31ClN6O2. The van der Waals surface area contributed by atoms with Gasteiger partial charge in [0.05, 0.1) is 29.7 Å². The first-order valence-electron chi connectivity index (χ1n) is 11.5. The van der Waals surface area contributed by atoms with Gasteiger partial charge in [-0.1, -0.05) is 31.4 Å². The predicted octanol–water partition coefficient (Wildman–Crippen LogP) is 5.33. The molecule has 9 heteroatoms. The van der Waals surface area contributed by atoms with Crippen molar-refractivity contribution in [3.8, 4) is 0 Å². The largest absolute Gasteiger partial charge is 0.375 e. The number of benzene rings is 1. The minimum atomic E-state index is -0.255. The zero-order chi connectivity index (χ0) is 23.5. The van der Waals surface area contributed by atoms with Crippen molar-refractivity contribution in [1.29, 1.82) is 0 Å². The molecule has 1 aliphatic rings. The van der Waals surface area contributed by atoms with Gasteiger partial charge in [-0.25, -0.2) is 4.98 Å². The number of rotatable bonds is 7. The van der Waals surface area contributed by atoms with Gasteiger partial charge in [0.1, 0.15) is 0 Å². The molecule has 0 bridgehead atoms. The zero-order valence-corrected chi connectivity index (χ0v) is 20.3. The molecule has 1 N–H and O–H groups in total. The van der Waals surface area contributed by atoms with Crippen LogP contribution < -0.4 is 5.32 Å². The average molecular weight is 471 g/mol. The van der Waals surface area contributed by atoms with Crippen LogP contribution in [0, 0.1) is 5.92 Å². The van der Waals surface area contributed by atoms with Gasteiger partial charge in [-0.3, -0.25) is 4.79 Å². The summed E-state index contributed by atoms with van der Waals surface area (Å²) in [6.07, 6.45) is 7.03. The van der Waals surface area contributed by atoms with E-state index < -0.39 is 0 Å². The number of nitrogens with one attached hydrogen (secondary N) is 1. The molecule has 3 aromatic rings. The van der Waals surface area contributed by atoms with Gasteiger partial charge in [-0.05, 0) is 56.0 Å². The summed E-state index contributed by atoms with van der Waals surface area (Å²) in [5.74, 6) is 0.841. The highest BCUT2D eigenvalue weighted by atomic mass is 35.5. The Hall–Kier alpha value is -2.71. The van der Waals surface area contributed by atoms with E-state index in [9.17, 15) is 4.79 Å². The normalized spacial score (nSPS) is 16.5. The van der Waals surface area contributed by atoms with Crippen LogP contribution in [-0.4, -0.2) is 44.5 Å². The summed E-state index contributed by atoms with van der Waals surface area (Å²) in [5.41, 5.74) is 3.51. The molecule has 1 aromatic carbocycles. The fourth-order valence-electron chi connectivity index (χ4n) is 4.48. The third kappa shape index (κ3) is 4.96. The van der Waals surface area contributed by atoms with Crippen molar-refractivity contribution < 1.29 is 9.53 Å². The van der Waals surface area contributed by atoms with Crippen molar-refractivity contribution in [1.82, 2.24) is 24.5 Å². The van der Waals surface area contributed by atoms with Gasteiger partial charge in [0.15, 0.2) is 0 Å². The minimum Gasteiger partial charge on any atom is -0.375 e. The summed E-state index contributed by atoms with van der Waals surface area (Å²) in [5, 5.41) is 7.79. The molecule has 1 aliphatic carbocycles. The second kappa shape index (κ2) is 10.1. The molecule has 2 atom stereocenters. The number of hydrogen-bond acceptors (Lipinski definition) is 6. The highest BCUT2D eigenvalue weighted by Gasteiger charge is 2.27. The highest BCUT2D eigenvalue weighted by Crippen LogP contribution is 2.31. The van der Waals surface area contributed by atoms with Crippen LogP contribution in [0.2, 0.25) is 5.28 Å². The van der Waals surface area contributed by atoms with E-state index in [1.807, 2.05) is 31.0 Å². The molecule has 33 heavy (non-hydrogen) atoms. The van der Waals surface area contributed by atoms with Gasteiger partial charge in [0.25, 0.3) is 5.78 Å². The topological polar surface area (TPSA) is 84.6 Å². The number of ether oxygens (including phenoxy) is 1. The number of halogens is 1. The van der Waals surface area contributed by atoms with Crippen molar-refractivity contribution in [3.63, 3.8) is 0 Å². The number of aromatic nitrogens is 4. The quantitative estimate of drug-likeness (QED) is 0.502. The standard InChI is InChI=1S/C24H31ClN6O2/c1-15(30(3)22(32)18-8-6-5-7-9-18)17-10-12-19(13-11-17)27-20-14-26-24-28-23(25)29-31(24)21(20)16(2)33-4/h10-16,18,27H,5-9H2,1-4H3/t15?,16-/m0/s1. The summed E-state index contributed by atoms with van der Waals surface area (Å²) in [6.45, 7) is 4.01. The highest BCUT2D eigenvalue weighted by molar-refractivity contribution is 6.28. The van der Waals surface area contributed by atoms with E-state index in [1.165, 1.54) is 6.42 Å². The molecule has 1 amide bonds. The molecule has 1 unspecified atom stereocenters. The Morgan fingerprint density at radius 2 is 1.91 bits per heavy atom. The third-order valence-corrected chi connectivity index (χ3v) is 6.83. The number of carbonyl (C=O) groups is 1. The number of anilines is 2. The second-order valence-corrected chi connectivity index (χ2v) is 9.07. The van der Waals surface area contributed by atoms with Gasteiger partial charge in [-0.15, -0.1) is 5.10 Å². The summed E-state index contributed by atoms with van der Waals surface area (Å²) < 4.78 is 7.14. The van der Waals surface area contributed by atoms with Crippen molar-refractivity contribution in [2.75, 3.05) is 19.5 Å². The van der Waals surface area contributed by atoms with E-state index in [4.69, 9.17) is 16.3 Å². The minimum absolute atomic E-state index is 0.00728. The van der Waals surface area contributed by atoms with Gasteiger partial charge in [0, 0.05) is 25.8 Å². The number of carbonyl (C=O) groups excluding carboxylic acids is 1. The van der Waals surface area contributed by atoms with Crippen molar-refractivity contribution in [2.45, 2.75) is 58.1 Å². The zero-order valence-electron chi connectivity index (χ0n) is 19.6. The second-order valence-electron chi connectivity index (χ2n) is 8.73. The van der Waals surface area contributed by atoms with Crippen LogP contribution in [0.4, 0.5) is 11.4 Å². The van der Waals surface area contributed by atoms with Crippen LogP contribution in [0.3, 0.4) is 0 Å². The fraction of sp³-hybridized carbons (Fsp3) is 0.500. The molecule has 0 saturated heterocycles. The number of methoxy groups -OCH3 is 1. The van der Waals surface area contributed by atoms with Crippen LogP contribution >= 0.6 is 11.6 Å². The first-order chi connectivity index (χ1) is 15.9. The Morgan fingerprint density at radius 3 is 2.58 bits per heavy atom. The SMILES string of the molecule is CO[C@@H](C)c1c(Nc2ccc(C(C)N(C)C(=O)C3CCCCC3)cc2)cnc2nc(Cl)nn12. The number of nitrogens with zero attached hydrogens (tertiary/aromatic N) is 5. The maximum absolute atomic E-state index is 12.9. The molecule has 4 rings (SSSR count). The van der Waals surface area contributed by atoms with E-state index in [2.05, 4.69) is 39.4 Å². The van der Waals surface area contributed by atoms with Crippen LogP contribution in [0.1, 0.15) is 69.4 Å². The molecule has 2 heterocycles. The summed E-state index contributed by atoms with van der Waals surface area (Å²) in [4.78, 5) is 23.3. The lowest BCUT2D eigenvalue weighted by atomic mass is 9.88. The van der Waals surface area contributed by atoms with Crippen LogP contribution in [0.25, 0.3) is 5.78 Å². The first-order valence-corrected chi connectivity index (χ1v) is 11.8. The molecule has 1 fully saturated rings. The molecule has 0 radical (unpaired) electrons. The number of hydrogen-bond donors (Lipinski definition) is 1. The average Bonchev–Trinajstić information content (AvgIpc) is 3.23.